The van der Waals surface area contributed by atoms with Crippen LogP contribution >= 0.6 is 0 Å². The predicted molar refractivity (Wildman–Crippen MR) is 71.4 cm³/mol. The van der Waals surface area contributed by atoms with Crippen molar-refractivity contribution in [2.45, 2.75) is 25.7 Å². The molecular weight excluding hydrogens is 244 g/mol. The first-order chi connectivity index (χ1) is 9.22. The van der Waals surface area contributed by atoms with Crippen molar-refractivity contribution in [1.29, 1.82) is 5.26 Å². The average Bonchev–Trinajstić information content (AvgIpc) is 2.38. The van der Waals surface area contributed by atoms with E-state index in [-0.39, 0.29) is 19.0 Å². The molecular formula is C14H18N2O3. The fourth-order valence-electron chi connectivity index (χ4n) is 1.42. The lowest BCUT2D eigenvalue weighted by Crippen LogP contribution is -2.10. The van der Waals surface area contributed by atoms with Crippen LogP contribution in [0.5, 0.6) is 5.75 Å². The smallest absolute Gasteiger partial charge is 0.309 e. The third-order valence-corrected chi connectivity index (χ3v) is 2.38. The zero-order valence-electron chi connectivity index (χ0n) is 10.8. The number of carbonyl (C=O) groups is 1. The first-order valence-corrected chi connectivity index (χ1v) is 6.23. The molecule has 2 N–H and O–H groups in total. The maximum Gasteiger partial charge on any atom is 0.309 e. The van der Waals surface area contributed by atoms with Crippen LogP contribution in [-0.4, -0.2) is 19.2 Å². The molecule has 0 aromatic heterocycles. The standard InChI is InChI=1S/C14H18N2O3/c15-8-2-1-3-9-19-14(17)7-10-18-13-6-4-5-12(16)11-13/h4-6,11H,1-3,7,9-10,16H2. The Morgan fingerprint density at radius 3 is 2.89 bits per heavy atom. The van der Waals surface area contributed by atoms with Crippen molar-refractivity contribution >= 4 is 11.7 Å². The normalized spacial score (nSPS) is 9.63. The molecule has 0 spiro atoms. The van der Waals surface area contributed by atoms with Gasteiger partial charge in [-0.3, -0.25) is 4.79 Å². The van der Waals surface area contributed by atoms with Crippen LogP contribution < -0.4 is 10.5 Å². The van der Waals surface area contributed by atoms with Gasteiger partial charge in [-0.2, -0.15) is 5.26 Å². The number of rotatable bonds is 8. The molecule has 5 heteroatoms. The van der Waals surface area contributed by atoms with Crippen molar-refractivity contribution in [3.63, 3.8) is 0 Å². The third-order valence-electron chi connectivity index (χ3n) is 2.38. The number of nitrogens with two attached hydrogens (primary N) is 1. The molecule has 1 rings (SSSR count). The maximum absolute atomic E-state index is 11.3. The molecule has 0 aliphatic rings. The van der Waals surface area contributed by atoms with Gasteiger partial charge in [-0.1, -0.05) is 6.07 Å². The summed E-state index contributed by atoms with van der Waals surface area (Å²) in [7, 11) is 0. The number of carbonyl (C=O) groups excluding carboxylic acids is 1. The number of hydrogen-bond acceptors (Lipinski definition) is 5. The van der Waals surface area contributed by atoms with Crippen LogP contribution in [0, 0.1) is 11.3 Å². The van der Waals surface area contributed by atoms with E-state index in [0.29, 0.717) is 24.5 Å². The van der Waals surface area contributed by atoms with Crippen LogP contribution in [0.25, 0.3) is 0 Å². The molecule has 0 unspecified atom stereocenters. The molecule has 1 aromatic carbocycles. The molecule has 5 nitrogen and oxygen atoms in total. The van der Waals surface area contributed by atoms with Crippen molar-refractivity contribution < 1.29 is 14.3 Å². The second-order valence-electron chi connectivity index (χ2n) is 4.01. The number of unbranched alkanes of at least 4 members (excludes halogenated alkanes) is 2. The highest BCUT2D eigenvalue weighted by Gasteiger charge is 2.03. The number of ether oxygens (including phenoxy) is 2. The Bertz CT molecular complexity index is 441. The van der Waals surface area contributed by atoms with Gasteiger partial charge in [0.1, 0.15) is 5.75 Å². The van der Waals surface area contributed by atoms with Crippen molar-refractivity contribution in [3.05, 3.63) is 24.3 Å². The molecule has 0 saturated carbocycles. The molecule has 19 heavy (non-hydrogen) atoms. The summed E-state index contributed by atoms with van der Waals surface area (Å²) in [5, 5.41) is 8.34. The van der Waals surface area contributed by atoms with Crippen LogP contribution in [-0.2, 0) is 9.53 Å². The lowest BCUT2D eigenvalue weighted by Gasteiger charge is -2.07. The van der Waals surface area contributed by atoms with Gasteiger partial charge in [0, 0.05) is 18.2 Å². The summed E-state index contributed by atoms with van der Waals surface area (Å²) in [6, 6.07) is 9.08. The monoisotopic (exact) mass is 262 g/mol. The van der Waals surface area contributed by atoms with Gasteiger partial charge in [0.15, 0.2) is 0 Å². The Morgan fingerprint density at radius 2 is 2.16 bits per heavy atom. The Balaban J connectivity index is 2.09. The van der Waals surface area contributed by atoms with E-state index in [0.717, 1.165) is 12.8 Å². The summed E-state index contributed by atoms with van der Waals surface area (Å²) in [5.74, 6) is 0.350. The molecule has 0 heterocycles. The van der Waals surface area contributed by atoms with Gasteiger partial charge < -0.3 is 15.2 Å². The number of esters is 1. The second-order valence-corrected chi connectivity index (χ2v) is 4.01. The molecule has 1 aromatic rings. The lowest BCUT2D eigenvalue weighted by molar-refractivity contribution is -0.144. The lowest BCUT2D eigenvalue weighted by atomic mass is 10.3. The summed E-state index contributed by atoms with van der Waals surface area (Å²) in [6.45, 7) is 0.624. The van der Waals surface area contributed by atoms with Crippen molar-refractivity contribution in [3.8, 4) is 11.8 Å². The van der Waals surface area contributed by atoms with E-state index in [2.05, 4.69) is 0 Å². The summed E-state index contributed by atoms with van der Waals surface area (Å²) < 4.78 is 10.4. The summed E-state index contributed by atoms with van der Waals surface area (Å²) in [4.78, 5) is 11.3. The minimum Gasteiger partial charge on any atom is -0.493 e. The van der Waals surface area contributed by atoms with E-state index >= 15 is 0 Å². The van der Waals surface area contributed by atoms with E-state index in [9.17, 15) is 4.79 Å². The van der Waals surface area contributed by atoms with Crippen molar-refractivity contribution in [2.24, 2.45) is 0 Å². The van der Waals surface area contributed by atoms with Crippen molar-refractivity contribution in [2.75, 3.05) is 18.9 Å². The molecule has 0 saturated heterocycles. The Labute approximate surface area is 112 Å². The average molecular weight is 262 g/mol. The van der Waals surface area contributed by atoms with E-state index in [1.54, 1.807) is 24.3 Å². The highest BCUT2D eigenvalue weighted by atomic mass is 16.5. The highest BCUT2D eigenvalue weighted by Crippen LogP contribution is 2.14. The molecule has 0 atom stereocenters. The third kappa shape index (κ3) is 6.94. The minimum atomic E-state index is -0.291. The van der Waals surface area contributed by atoms with E-state index in [1.807, 2.05) is 6.07 Å². The SMILES string of the molecule is N#CCCCCOC(=O)CCOc1cccc(N)c1. The second kappa shape index (κ2) is 8.81. The Morgan fingerprint density at radius 1 is 1.32 bits per heavy atom. The zero-order valence-corrected chi connectivity index (χ0v) is 10.8. The van der Waals surface area contributed by atoms with Crippen molar-refractivity contribution in [1.82, 2.24) is 0 Å². The predicted octanol–water partition coefficient (Wildman–Crippen LogP) is 2.27. The quantitative estimate of drug-likeness (QED) is 0.441. The van der Waals surface area contributed by atoms with Crippen LogP contribution in [0.3, 0.4) is 0 Å². The molecule has 0 aliphatic heterocycles. The minimum absolute atomic E-state index is 0.201. The number of nitrogens with zero attached hydrogens (tertiary/aromatic N) is 1. The number of hydrogen-bond donors (Lipinski definition) is 1. The molecule has 0 amide bonds. The largest absolute Gasteiger partial charge is 0.493 e. The molecule has 0 fully saturated rings. The molecule has 0 aliphatic carbocycles. The van der Waals surface area contributed by atoms with Gasteiger partial charge in [-0.05, 0) is 25.0 Å². The van der Waals surface area contributed by atoms with Crippen LogP contribution in [0.15, 0.2) is 24.3 Å². The Kier molecular flexibility index (Phi) is 6.88. The number of nitriles is 1. The number of nitrogen functional groups attached to an aromatic ring is 1. The molecule has 0 radical (unpaired) electrons. The highest BCUT2D eigenvalue weighted by molar-refractivity contribution is 5.69. The fourth-order valence-corrected chi connectivity index (χ4v) is 1.42. The van der Waals surface area contributed by atoms with Gasteiger partial charge >= 0.3 is 5.97 Å². The van der Waals surface area contributed by atoms with Crippen LogP contribution in [0.1, 0.15) is 25.7 Å². The zero-order chi connectivity index (χ0) is 13.9. The number of anilines is 1. The van der Waals surface area contributed by atoms with Gasteiger partial charge in [0.25, 0.3) is 0 Å². The topological polar surface area (TPSA) is 85.3 Å². The molecule has 102 valence electrons. The van der Waals surface area contributed by atoms with E-state index in [4.69, 9.17) is 20.5 Å². The van der Waals surface area contributed by atoms with Crippen LogP contribution in [0.4, 0.5) is 5.69 Å². The fraction of sp³-hybridized carbons (Fsp3) is 0.429. The maximum atomic E-state index is 11.3. The Hall–Kier alpha value is -2.22. The van der Waals surface area contributed by atoms with Gasteiger partial charge in [0.05, 0.1) is 25.7 Å². The summed E-state index contributed by atoms with van der Waals surface area (Å²) in [6.07, 6.45) is 2.17. The summed E-state index contributed by atoms with van der Waals surface area (Å²) in [5.41, 5.74) is 6.22. The van der Waals surface area contributed by atoms with Crippen LogP contribution in [0.2, 0.25) is 0 Å². The van der Waals surface area contributed by atoms with E-state index in [1.165, 1.54) is 0 Å². The number of benzene rings is 1. The van der Waals surface area contributed by atoms with Gasteiger partial charge in [-0.25, -0.2) is 0 Å². The first kappa shape index (κ1) is 14.8. The van der Waals surface area contributed by atoms with E-state index < -0.39 is 0 Å². The van der Waals surface area contributed by atoms with Gasteiger partial charge in [-0.15, -0.1) is 0 Å². The first-order valence-electron chi connectivity index (χ1n) is 6.23. The molecule has 0 bridgehead atoms. The van der Waals surface area contributed by atoms with Gasteiger partial charge in [0.2, 0.25) is 0 Å². The summed E-state index contributed by atoms with van der Waals surface area (Å²) >= 11 is 0.